The van der Waals surface area contributed by atoms with Crippen LogP contribution in [0.2, 0.25) is 0 Å². The fourth-order valence-electron chi connectivity index (χ4n) is 0.786. The first-order chi connectivity index (χ1) is 6.26. The van der Waals surface area contributed by atoms with Gasteiger partial charge in [0.25, 0.3) is 0 Å². The van der Waals surface area contributed by atoms with Crippen molar-refractivity contribution < 1.29 is 9.53 Å². The van der Waals surface area contributed by atoms with Crippen LogP contribution in [0, 0.1) is 0 Å². The minimum atomic E-state index is -0.0154. The molecule has 0 spiro atoms. The standard InChI is InChI=1S/C8H12N2O2S/c1-3-7(11)10-8-9-6(4-12-2)5-13-8/h5H,3-4H2,1-2H3,(H,9,10,11). The zero-order valence-corrected chi connectivity index (χ0v) is 8.48. The van der Waals surface area contributed by atoms with Gasteiger partial charge in [-0.05, 0) is 0 Å². The highest BCUT2D eigenvalue weighted by molar-refractivity contribution is 7.13. The molecular weight excluding hydrogens is 188 g/mol. The highest BCUT2D eigenvalue weighted by Crippen LogP contribution is 2.15. The third-order valence-corrected chi connectivity index (χ3v) is 2.22. The van der Waals surface area contributed by atoms with Gasteiger partial charge in [-0.25, -0.2) is 4.98 Å². The Labute approximate surface area is 80.9 Å². The Morgan fingerprint density at radius 2 is 2.54 bits per heavy atom. The lowest BCUT2D eigenvalue weighted by Gasteiger charge is -1.96. The van der Waals surface area contributed by atoms with E-state index in [9.17, 15) is 4.79 Å². The molecular formula is C8H12N2O2S. The van der Waals surface area contributed by atoms with Gasteiger partial charge in [-0.3, -0.25) is 4.79 Å². The van der Waals surface area contributed by atoms with Crippen LogP contribution in [-0.4, -0.2) is 18.0 Å². The molecule has 5 heteroatoms. The number of methoxy groups -OCH3 is 1. The average Bonchev–Trinajstić information content (AvgIpc) is 2.53. The van der Waals surface area contributed by atoms with Crippen molar-refractivity contribution in [1.29, 1.82) is 0 Å². The first-order valence-electron chi connectivity index (χ1n) is 3.99. The average molecular weight is 200 g/mol. The molecule has 0 radical (unpaired) electrons. The quantitative estimate of drug-likeness (QED) is 0.803. The molecule has 1 rings (SSSR count). The summed E-state index contributed by atoms with van der Waals surface area (Å²) in [6.45, 7) is 2.29. The number of rotatable bonds is 4. The summed E-state index contributed by atoms with van der Waals surface area (Å²) < 4.78 is 4.90. The maximum atomic E-state index is 11.0. The summed E-state index contributed by atoms with van der Waals surface area (Å²) >= 11 is 1.41. The third kappa shape index (κ3) is 3.12. The number of ether oxygens (including phenoxy) is 1. The van der Waals surface area contributed by atoms with Gasteiger partial charge in [0.15, 0.2) is 5.13 Å². The molecule has 1 heterocycles. The van der Waals surface area contributed by atoms with Gasteiger partial charge in [0, 0.05) is 18.9 Å². The number of nitrogens with one attached hydrogen (secondary N) is 1. The lowest BCUT2D eigenvalue weighted by atomic mass is 10.5. The van der Waals surface area contributed by atoms with E-state index >= 15 is 0 Å². The predicted octanol–water partition coefficient (Wildman–Crippen LogP) is 1.64. The Morgan fingerprint density at radius 3 is 3.15 bits per heavy atom. The van der Waals surface area contributed by atoms with Crippen LogP contribution in [-0.2, 0) is 16.1 Å². The highest BCUT2D eigenvalue weighted by atomic mass is 32.1. The van der Waals surface area contributed by atoms with Crippen molar-refractivity contribution in [2.75, 3.05) is 12.4 Å². The van der Waals surface area contributed by atoms with Crippen LogP contribution in [0.25, 0.3) is 0 Å². The fourth-order valence-corrected chi connectivity index (χ4v) is 1.50. The molecule has 0 fully saturated rings. The largest absolute Gasteiger partial charge is 0.378 e. The van der Waals surface area contributed by atoms with E-state index in [1.54, 1.807) is 14.0 Å². The predicted molar refractivity (Wildman–Crippen MR) is 51.7 cm³/mol. The number of carbonyl (C=O) groups is 1. The minimum absolute atomic E-state index is 0.0154. The maximum absolute atomic E-state index is 11.0. The molecule has 0 aromatic carbocycles. The first-order valence-corrected chi connectivity index (χ1v) is 4.87. The van der Waals surface area contributed by atoms with Crippen molar-refractivity contribution in [2.24, 2.45) is 0 Å². The van der Waals surface area contributed by atoms with Crippen LogP contribution in [0.4, 0.5) is 5.13 Å². The van der Waals surface area contributed by atoms with Gasteiger partial charge in [0.05, 0.1) is 12.3 Å². The second-order valence-corrected chi connectivity index (χ2v) is 3.34. The second kappa shape index (κ2) is 4.94. The van der Waals surface area contributed by atoms with Crippen molar-refractivity contribution in [3.63, 3.8) is 0 Å². The topological polar surface area (TPSA) is 51.2 Å². The molecule has 13 heavy (non-hydrogen) atoms. The van der Waals surface area contributed by atoms with E-state index < -0.39 is 0 Å². The lowest BCUT2D eigenvalue weighted by Crippen LogP contribution is -2.09. The molecule has 4 nitrogen and oxygen atoms in total. The van der Waals surface area contributed by atoms with E-state index in [4.69, 9.17) is 4.74 Å². The van der Waals surface area contributed by atoms with Crippen molar-refractivity contribution in [1.82, 2.24) is 4.98 Å². The third-order valence-electron chi connectivity index (χ3n) is 1.41. The zero-order valence-electron chi connectivity index (χ0n) is 7.66. The summed E-state index contributed by atoms with van der Waals surface area (Å²) in [5, 5.41) is 5.19. The number of thiazole rings is 1. The Morgan fingerprint density at radius 1 is 1.77 bits per heavy atom. The molecule has 0 aliphatic heterocycles. The van der Waals surface area contributed by atoms with Gasteiger partial charge in [-0.2, -0.15) is 0 Å². The summed E-state index contributed by atoms with van der Waals surface area (Å²) in [5.41, 5.74) is 0.846. The van der Waals surface area contributed by atoms with E-state index in [1.807, 2.05) is 5.38 Å². The molecule has 0 unspecified atom stereocenters. The number of amides is 1. The SMILES string of the molecule is CCC(=O)Nc1nc(COC)cs1. The summed E-state index contributed by atoms with van der Waals surface area (Å²) in [4.78, 5) is 15.1. The van der Waals surface area contributed by atoms with E-state index in [1.165, 1.54) is 11.3 Å². The monoisotopic (exact) mass is 200 g/mol. The number of aromatic nitrogens is 1. The normalized spacial score (nSPS) is 10.0. The van der Waals surface area contributed by atoms with Gasteiger partial charge in [-0.1, -0.05) is 6.92 Å². The molecule has 0 aliphatic carbocycles. The smallest absolute Gasteiger partial charge is 0.225 e. The summed E-state index contributed by atoms with van der Waals surface area (Å²) in [6.07, 6.45) is 0.471. The van der Waals surface area contributed by atoms with Crippen LogP contribution in [0.1, 0.15) is 19.0 Å². The van der Waals surface area contributed by atoms with Gasteiger partial charge in [-0.15, -0.1) is 11.3 Å². The Hall–Kier alpha value is -0.940. The molecule has 0 saturated heterocycles. The van der Waals surface area contributed by atoms with E-state index in [0.717, 1.165) is 5.69 Å². The first kappa shape index (κ1) is 10.1. The van der Waals surface area contributed by atoms with E-state index in [-0.39, 0.29) is 5.91 Å². The number of carbonyl (C=O) groups excluding carboxylic acids is 1. The number of hydrogen-bond donors (Lipinski definition) is 1. The van der Waals surface area contributed by atoms with E-state index in [2.05, 4.69) is 10.3 Å². The van der Waals surface area contributed by atoms with Crippen molar-refractivity contribution in [3.8, 4) is 0 Å². The summed E-state index contributed by atoms with van der Waals surface area (Å²) in [5.74, 6) is -0.0154. The van der Waals surface area contributed by atoms with Crippen LogP contribution >= 0.6 is 11.3 Å². The molecule has 0 atom stereocenters. The molecule has 0 bridgehead atoms. The van der Waals surface area contributed by atoms with Crippen LogP contribution in [0.15, 0.2) is 5.38 Å². The number of hydrogen-bond acceptors (Lipinski definition) is 4. The molecule has 0 saturated carbocycles. The highest BCUT2D eigenvalue weighted by Gasteiger charge is 2.03. The maximum Gasteiger partial charge on any atom is 0.225 e. The molecule has 1 aromatic rings. The zero-order chi connectivity index (χ0) is 9.68. The summed E-state index contributed by atoms with van der Waals surface area (Å²) in [6, 6.07) is 0. The Bertz CT molecular complexity index is 285. The second-order valence-electron chi connectivity index (χ2n) is 2.48. The van der Waals surface area contributed by atoms with Crippen molar-refractivity contribution >= 4 is 22.4 Å². The molecule has 1 amide bonds. The van der Waals surface area contributed by atoms with Gasteiger partial charge in [0.1, 0.15) is 0 Å². The minimum Gasteiger partial charge on any atom is -0.378 e. The molecule has 1 N–H and O–H groups in total. The van der Waals surface area contributed by atoms with Crippen LogP contribution in [0.3, 0.4) is 0 Å². The number of anilines is 1. The van der Waals surface area contributed by atoms with Crippen LogP contribution in [0.5, 0.6) is 0 Å². The molecule has 72 valence electrons. The molecule has 1 aromatic heterocycles. The summed E-state index contributed by atoms with van der Waals surface area (Å²) in [7, 11) is 1.61. The Balaban J connectivity index is 2.53. The van der Waals surface area contributed by atoms with Gasteiger partial charge >= 0.3 is 0 Å². The Kier molecular flexibility index (Phi) is 3.85. The van der Waals surface area contributed by atoms with Gasteiger partial charge < -0.3 is 10.1 Å². The lowest BCUT2D eigenvalue weighted by molar-refractivity contribution is -0.115. The van der Waals surface area contributed by atoms with Crippen LogP contribution < -0.4 is 5.32 Å². The number of nitrogens with zero attached hydrogens (tertiary/aromatic N) is 1. The van der Waals surface area contributed by atoms with Gasteiger partial charge in [0.2, 0.25) is 5.91 Å². The van der Waals surface area contributed by atoms with Crippen molar-refractivity contribution in [2.45, 2.75) is 20.0 Å². The molecule has 0 aliphatic rings. The van der Waals surface area contributed by atoms with E-state index in [0.29, 0.717) is 18.2 Å². The van der Waals surface area contributed by atoms with Crippen molar-refractivity contribution in [3.05, 3.63) is 11.1 Å². The fraction of sp³-hybridized carbons (Fsp3) is 0.500.